The molecular weight excluding hydrogens is 228 g/mol. The highest BCUT2D eigenvalue weighted by Crippen LogP contribution is 2.38. The highest BCUT2D eigenvalue weighted by molar-refractivity contribution is 5.93. The molecule has 2 fully saturated rings. The van der Waals surface area contributed by atoms with Crippen LogP contribution in [0.4, 0.5) is 0 Å². The number of furan rings is 1. The normalized spacial score (nSPS) is 25.7. The van der Waals surface area contributed by atoms with Gasteiger partial charge in [-0.2, -0.15) is 0 Å². The molecule has 0 radical (unpaired) electrons. The Morgan fingerprint density at radius 1 is 1.56 bits per heavy atom. The number of nitrogens with one attached hydrogen (secondary N) is 2. The Bertz CT molecular complexity index is 448. The largest absolute Gasteiger partial charge is 0.459 e. The maximum atomic E-state index is 12.1. The third-order valence-corrected chi connectivity index (χ3v) is 4.34. The first-order valence-electron chi connectivity index (χ1n) is 6.79. The highest BCUT2D eigenvalue weighted by Gasteiger charge is 2.41. The first-order valence-corrected chi connectivity index (χ1v) is 6.79. The Morgan fingerprint density at radius 3 is 3.00 bits per heavy atom. The summed E-state index contributed by atoms with van der Waals surface area (Å²) in [4.78, 5) is 12.1. The van der Waals surface area contributed by atoms with Crippen LogP contribution in [0.3, 0.4) is 0 Å². The molecule has 1 saturated heterocycles. The van der Waals surface area contributed by atoms with E-state index in [2.05, 4.69) is 10.6 Å². The summed E-state index contributed by atoms with van der Waals surface area (Å²) in [6.45, 7) is 2.90. The molecule has 2 aliphatic rings. The van der Waals surface area contributed by atoms with E-state index in [0.717, 1.165) is 24.9 Å². The summed E-state index contributed by atoms with van der Waals surface area (Å²) in [6.07, 6.45) is 7.44. The van der Waals surface area contributed by atoms with Crippen LogP contribution in [0.25, 0.3) is 0 Å². The molecular formula is C14H20N2O2. The lowest BCUT2D eigenvalue weighted by molar-refractivity contribution is 0.0827. The van der Waals surface area contributed by atoms with Gasteiger partial charge in [0.1, 0.15) is 0 Å². The van der Waals surface area contributed by atoms with E-state index in [1.54, 1.807) is 6.26 Å². The van der Waals surface area contributed by atoms with Crippen molar-refractivity contribution in [2.45, 2.75) is 50.6 Å². The maximum Gasteiger partial charge on any atom is 0.287 e. The molecule has 0 bridgehead atoms. The second-order valence-electron chi connectivity index (χ2n) is 5.66. The van der Waals surface area contributed by atoms with Crippen LogP contribution >= 0.6 is 0 Å². The van der Waals surface area contributed by atoms with Crippen LogP contribution in [0, 0.1) is 6.92 Å². The molecule has 1 aliphatic heterocycles. The van der Waals surface area contributed by atoms with Crippen molar-refractivity contribution in [2.24, 2.45) is 0 Å². The van der Waals surface area contributed by atoms with Gasteiger partial charge in [-0.15, -0.1) is 0 Å². The van der Waals surface area contributed by atoms with Crippen LogP contribution in [-0.4, -0.2) is 24.0 Å². The molecule has 1 aliphatic carbocycles. The molecule has 1 aromatic rings. The summed E-state index contributed by atoms with van der Waals surface area (Å²) in [6, 6.07) is 2.11. The van der Waals surface area contributed by atoms with Crippen molar-refractivity contribution in [2.75, 3.05) is 6.54 Å². The molecule has 1 unspecified atom stereocenters. The molecule has 2 heterocycles. The molecule has 1 saturated carbocycles. The van der Waals surface area contributed by atoms with Crippen LogP contribution in [0.1, 0.15) is 48.2 Å². The van der Waals surface area contributed by atoms with Crippen molar-refractivity contribution in [3.05, 3.63) is 23.7 Å². The van der Waals surface area contributed by atoms with Crippen molar-refractivity contribution in [3.8, 4) is 0 Å². The topological polar surface area (TPSA) is 54.3 Å². The van der Waals surface area contributed by atoms with Gasteiger partial charge in [0.25, 0.3) is 5.91 Å². The standard InChI is InChI=1S/C14H20N2O2/c1-10-4-8-18-12(10)13(17)16-11-3-7-15-14(9-11)5-2-6-14/h4,8,11,15H,2-3,5-7,9H2,1H3,(H,16,17). The smallest absolute Gasteiger partial charge is 0.287 e. The summed E-state index contributed by atoms with van der Waals surface area (Å²) in [5.41, 5.74) is 1.22. The Labute approximate surface area is 107 Å². The predicted molar refractivity (Wildman–Crippen MR) is 68.5 cm³/mol. The minimum atomic E-state index is -0.0705. The van der Waals surface area contributed by atoms with Crippen LogP contribution in [0.5, 0.6) is 0 Å². The quantitative estimate of drug-likeness (QED) is 0.841. The van der Waals surface area contributed by atoms with Gasteiger partial charge in [0.05, 0.1) is 6.26 Å². The zero-order valence-electron chi connectivity index (χ0n) is 10.8. The monoisotopic (exact) mass is 248 g/mol. The second kappa shape index (κ2) is 4.43. The molecule has 0 aromatic carbocycles. The van der Waals surface area contributed by atoms with Crippen molar-refractivity contribution in [3.63, 3.8) is 0 Å². The van der Waals surface area contributed by atoms with Crippen LogP contribution in [-0.2, 0) is 0 Å². The molecule has 4 heteroatoms. The van der Waals surface area contributed by atoms with E-state index < -0.39 is 0 Å². The minimum absolute atomic E-state index is 0.0705. The summed E-state index contributed by atoms with van der Waals surface area (Å²) >= 11 is 0. The van der Waals surface area contributed by atoms with Gasteiger partial charge in [-0.25, -0.2) is 0 Å². The van der Waals surface area contributed by atoms with E-state index in [1.807, 2.05) is 13.0 Å². The number of carbonyl (C=O) groups is 1. The number of carbonyl (C=O) groups excluding carboxylic acids is 1. The summed E-state index contributed by atoms with van der Waals surface area (Å²) < 4.78 is 5.23. The predicted octanol–water partition coefficient (Wildman–Crippen LogP) is 1.99. The molecule has 4 nitrogen and oxygen atoms in total. The Morgan fingerprint density at radius 2 is 2.39 bits per heavy atom. The average Bonchev–Trinajstić information content (AvgIpc) is 2.74. The number of rotatable bonds is 2. The zero-order chi connectivity index (χ0) is 12.6. The van der Waals surface area contributed by atoms with Crippen molar-refractivity contribution < 1.29 is 9.21 Å². The van der Waals surface area contributed by atoms with Gasteiger partial charge >= 0.3 is 0 Å². The molecule has 3 rings (SSSR count). The van der Waals surface area contributed by atoms with E-state index in [1.165, 1.54) is 19.3 Å². The summed E-state index contributed by atoms with van der Waals surface area (Å²) in [5.74, 6) is 0.384. The van der Waals surface area contributed by atoms with Gasteiger partial charge in [-0.3, -0.25) is 4.79 Å². The van der Waals surface area contributed by atoms with Crippen molar-refractivity contribution in [1.82, 2.24) is 10.6 Å². The first-order chi connectivity index (χ1) is 8.69. The third-order valence-electron chi connectivity index (χ3n) is 4.34. The fourth-order valence-electron chi connectivity index (χ4n) is 3.12. The molecule has 1 aromatic heterocycles. The lowest BCUT2D eigenvalue weighted by Gasteiger charge is -2.48. The van der Waals surface area contributed by atoms with Crippen LogP contribution in [0.15, 0.2) is 16.7 Å². The lowest BCUT2D eigenvalue weighted by atomic mass is 9.70. The SMILES string of the molecule is Cc1ccoc1C(=O)NC1CCNC2(CCC2)C1. The van der Waals surface area contributed by atoms with E-state index in [9.17, 15) is 4.79 Å². The van der Waals surface area contributed by atoms with Crippen LogP contribution < -0.4 is 10.6 Å². The Balaban J connectivity index is 1.62. The van der Waals surface area contributed by atoms with E-state index in [0.29, 0.717) is 11.3 Å². The molecule has 18 heavy (non-hydrogen) atoms. The van der Waals surface area contributed by atoms with Gasteiger partial charge in [0.2, 0.25) is 0 Å². The number of hydrogen-bond donors (Lipinski definition) is 2. The van der Waals surface area contributed by atoms with Gasteiger partial charge in [-0.1, -0.05) is 0 Å². The number of hydrogen-bond acceptors (Lipinski definition) is 3. The Kier molecular flexibility index (Phi) is 2.90. The van der Waals surface area contributed by atoms with Gasteiger partial charge in [-0.05, 0) is 51.6 Å². The second-order valence-corrected chi connectivity index (χ2v) is 5.66. The van der Waals surface area contributed by atoms with Gasteiger partial charge < -0.3 is 15.1 Å². The minimum Gasteiger partial charge on any atom is -0.459 e. The average molecular weight is 248 g/mol. The van der Waals surface area contributed by atoms with E-state index in [4.69, 9.17) is 4.42 Å². The first kappa shape index (κ1) is 11.8. The third kappa shape index (κ3) is 2.05. The maximum absolute atomic E-state index is 12.1. The molecule has 2 N–H and O–H groups in total. The Hall–Kier alpha value is -1.29. The van der Waals surface area contributed by atoms with Crippen molar-refractivity contribution >= 4 is 5.91 Å². The molecule has 98 valence electrons. The van der Waals surface area contributed by atoms with E-state index >= 15 is 0 Å². The highest BCUT2D eigenvalue weighted by atomic mass is 16.3. The fourth-order valence-corrected chi connectivity index (χ4v) is 3.12. The summed E-state index contributed by atoms with van der Waals surface area (Å²) in [5, 5.41) is 6.72. The molecule has 1 spiro atoms. The zero-order valence-corrected chi connectivity index (χ0v) is 10.8. The van der Waals surface area contributed by atoms with E-state index in [-0.39, 0.29) is 11.9 Å². The molecule has 1 atom stereocenters. The number of piperidine rings is 1. The van der Waals surface area contributed by atoms with Crippen molar-refractivity contribution in [1.29, 1.82) is 0 Å². The van der Waals surface area contributed by atoms with Gasteiger partial charge in [0, 0.05) is 17.1 Å². The van der Waals surface area contributed by atoms with Gasteiger partial charge in [0.15, 0.2) is 5.76 Å². The summed E-state index contributed by atoms with van der Waals surface area (Å²) in [7, 11) is 0. The molecule has 1 amide bonds. The van der Waals surface area contributed by atoms with Crippen LogP contribution in [0.2, 0.25) is 0 Å². The fraction of sp³-hybridized carbons (Fsp3) is 0.643. The lowest BCUT2D eigenvalue weighted by Crippen LogP contribution is -2.59. The number of amides is 1. The number of aryl methyl sites for hydroxylation is 1.